The van der Waals surface area contributed by atoms with Crippen LogP contribution in [0.5, 0.6) is 0 Å². The lowest BCUT2D eigenvalue weighted by Gasteiger charge is -2.13. The summed E-state index contributed by atoms with van der Waals surface area (Å²) in [7, 11) is 5.32. The number of guanidine groups is 1. The molecule has 0 unspecified atom stereocenters. The molecule has 23 heavy (non-hydrogen) atoms. The number of hydrogen-bond acceptors (Lipinski definition) is 2. The molecule has 0 aliphatic rings. The van der Waals surface area contributed by atoms with E-state index in [4.69, 9.17) is 0 Å². The molecule has 0 aromatic heterocycles. The Hall–Kier alpha value is -2.04. The largest absolute Gasteiger partial charge is 0.356 e. The summed E-state index contributed by atoms with van der Waals surface area (Å²) in [5.41, 5.74) is 1.88. The van der Waals surface area contributed by atoms with Crippen molar-refractivity contribution in [1.82, 2.24) is 15.5 Å². The molecule has 0 heterocycles. The summed E-state index contributed by atoms with van der Waals surface area (Å²) < 4.78 is 0. The first kappa shape index (κ1) is 19.0. The zero-order chi connectivity index (χ0) is 17.1. The van der Waals surface area contributed by atoms with E-state index in [0.717, 1.165) is 43.0 Å². The molecule has 0 aliphatic carbocycles. The Labute approximate surface area is 140 Å². The average Bonchev–Trinajstić information content (AvgIpc) is 2.56. The number of nitrogens with one attached hydrogen (secondary N) is 2. The van der Waals surface area contributed by atoms with Crippen LogP contribution in [-0.4, -0.2) is 51.0 Å². The Morgan fingerprint density at radius 3 is 2.57 bits per heavy atom. The number of unbranched alkanes of at least 4 members (excludes halogenated alkanes) is 2. The molecule has 0 aliphatic heterocycles. The highest BCUT2D eigenvalue weighted by Gasteiger charge is 2.08. The number of benzene rings is 1. The van der Waals surface area contributed by atoms with Crippen molar-refractivity contribution in [2.45, 2.75) is 32.6 Å². The molecular formula is C18H30N4O. The Kier molecular flexibility index (Phi) is 8.80. The molecule has 0 saturated heterocycles. The van der Waals surface area contributed by atoms with Gasteiger partial charge in [0.05, 0.1) is 0 Å². The standard InChI is InChI=1S/C18H30N4O/c1-5-6-7-12-20-18(19-2)21-13-11-15-9-8-10-16(14-15)17(23)22(3)4/h8-10,14H,5-7,11-13H2,1-4H3,(H2,19,20,21). The molecule has 1 amide bonds. The van der Waals surface area contributed by atoms with Gasteiger partial charge in [0, 0.05) is 39.8 Å². The van der Waals surface area contributed by atoms with Crippen LogP contribution in [0.2, 0.25) is 0 Å². The second-order valence-electron chi connectivity index (χ2n) is 5.78. The summed E-state index contributed by atoms with van der Waals surface area (Å²) in [5.74, 6) is 0.870. The van der Waals surface area contributed by atoms with E-state index >= 15 is 0 Å². The summed E-state index contributed by atoms with van der Waals surface area (Å²) in [6.07, 6.45) is 4.46. The Morgan fingerprint density at radius 1 is 1.17 bits per heavy atom. The quantitative estimate of drug-likeness (QED) is 0.439. The third-order valence-electron chi connectivity index (χ3n) is 3.58. The molecule has 0 bridgehead atoms. The highest BCUT2D eigenvalue weighted by atomic mass is 16.2. The van der Waals surface area contributed by atoms with Gasteiger partial charge in [-0.05, 0) is 30.5 Å². The molecule has 0 saturated carbocycles. The van der Waals surface area contributed by atoms with Crippen LogP contribution in [0.15, 0.2) is 29.3 Å². The van der Waals surface area contributed by atoms with Crippen LogP contribution in [0.1, 0.15) is 42.1 Å². The molecule has 128 valence electrons. The number of hydrogen-bond donors (Lipinski definition) is 2. The lowest BCUT2D eigenvalue weighted by molar-refractivity contribution is 0.0827. The lowest BCUT2D eigenvalue weighted by Crippen LogP contribution is -2.38. The Balaban J connectivity index is 2.42. The molecule has 0 atom stereocenters. The van der Waals surface area contributed by atoms with Crippen molar-refractivity contribution >= 4 is 11.9 Å². The number of amides is 1. The number of nitrogens with zero attached hydrogens (tertiary/aromatic N) is 2. The molecule has 2 N–H and O–H groups in total. The lowest BCUT2D eigenvalue weighted by atomic mass is 10.1. The molecule has 0 fully saturated rings. The first-order chi connectivity index (χ1) is 11.1. The second kappa shape index (κ2) is 10.6. The van der Waals surface area contributed by atoms with Crippen LogP contribution in [0.3, 0.4) is 0 Å². The summed E-state index contributed by atoms with van der Waals surface area (Å²) in [6.45, 7) is 3.93. The Morgan fingerprint density at radius 2 is 1.91 bits per heavy atom. The van der Waals surface area contributed by atoms with Crippen LogP contribution in [-0.2, 0) is 6.42 Å². The molecule has 5 nitrogen and oxygen atoms in total. The molecule has 1 rings (SSSR count). The summed E-state index contributed by atoms with van der Waals surface area (Å²) >= 11 is 0. The van der Waals surface area contributed by atoms with Gasteiger partial charge in [-0.15, -0.1) is 0 Å². The van der Waals surface area contributed by atoms with Gasteiger partial charge in [-0.2, -0.15) is 0 Å². The van der Waals surface area contributed by atoms with Gasteiger partial charge in [-0.1, -0.05) is 31.9 Å². The van der Waals surface area contributed by atoms with E-state index in [1.165, 1.54) is 12.8 Å². The number of rotatable bonds is 8. The van der Waals surface area contributed by atoms with Gasteiger partial charge in [0.25, 0.3) is 5.91 Å². The monoisotopic (exact) mass is 318 g/mol. The van der Waals surface area contributed by atoms with E-state index in [1.807, 2.05) is 24.3 Å². The van der Waals surface area contributed by atoms with Crippen LogP contribution < -0.4 is 10.6 Å². The van der Waals surface area contributed by atoms with Crippen LogP contribution >= 0.6 is 0 Å². The maximum Gasteiger partial charge on any atom is 0.253 e. The average molecular weight is 318 g/mol. The van der Waals surface area contributed by atoms with Crippen LogP contribution in [0.25, 0.3) is 0 Å². The van der Waals surface area contributed by atoms with Gasteiger partial charge in [0.1, 0.15) is 0 Å². The fraction of sp³-hybridized carbons (Fsp3) is 0.556. The zero-order valence-corrected chi connectivity index (χ0v) is 14.9. The number of carbonyl (C=O) groups excluding carboxylic acids is 1. The van der Waals surface area contributed by atoms with Gasteiger partial charge >= 0.3 is 0 Å². The van der Waals surface area contributed by atoms with E-state index < -0.39 is 0 Å². The van der Waals surface area contributed by atoms with Crippen molar-refractivity contribution in [3.63, 3.8) is 0 Å². The molecule has 1 aromatic rings. The fourth-order valence-corrected chi connectivity index (χ4v) is 2.25. The van der Waals surface area contributed by atoms with Gasteiger partial charge in [-0.3, -0.25) is 9.79 Å². The van der Waals surface area contributed by atoms with Gasteiger partial charge in [0.2, 0.25) is 0 Å². The van der Waals surface area contributed by atoms with Crippen molar-refractivity contribution in [1.29, 1.82) is 0 Å². The van der Waals surface area contributed by atoms with Crippen molar-refractivity contribution in [3.8, 4) is 0 Å². The molecule has 0 spiro atoms. The third-order valence-corrected chi connectivity index (χ3v) is 3.58. The van der Waals surface area contributed by atoms with E-state index in [0.29, 0.717) is 0 Å². The van der Waals surface area contributed by atoms with Crippen molar-refractivity contribution in [3.05, 3.63) is 35.4 Å². The van der Waals surface area contributed by atoms with Crippen LogP contribution in [0.4, 0.5) is 0 Å². The van der Waals surface area contributed by atoms with Crippen molar-refractivity contribution < 1.29 is 4.79 Å². The SMILES string of the molecule is CCCCCNC(=NC)NCCc1cccc(C(=O)N(C)C)c1. The summed E-state index contributed by atoms with van der Waals surface area (Å²) in [4.78, 5) is 17.8. The number of carbonyl (C=O) groups is 1. The minimum Gasteiger partial charge on any atom is -0.356 e. The van der Waals surface area contributed by atoms with E-state index in [9.17, 15) is 4.79 Å². The first-order valence-corrected chi connectivity index (χ1v) is 8.33. The highest BCUT2D eigenvalue weighted by molar-refractivity contribution is 5.94. The third kappa shape index (κ3) is 7.17. The molecular weight excluding hydrogens is 288 g/mol. The predicted octanol–water partition coefficient (Wildman–Crippen LogP) is 2.29. The van der Waals surface area contributed by atoms with Gasteiger partial charge in [-0.25, -0.2) is 0 Å². The van der Waals surface area contributed by atoms with E-state index in [2.05, 4.69) is 22.5 Å². The normalized spacial score (nSPS) is 11.2. The fourth-order valence-electron chi connectivity index (χ4n) is 2.25. The van der Waals surface area contributed by atoms with Crippen molar-refractivity contribution in [2.75, 3.05) is 34.2 Å². The Bertz CT molecular complexity index is 511. The maximum absolute atomic E-state index is 12.0. The first-order valence-electron chi connectivity index (χ1n) is 8.33. The van der Waals surface area contributed by atoms with Gasteiger partial charge in [0.15, 0.2) is 5.96 Å². The van der Waals surface area contributed by atoms with E-state index in [-0.39, 0.29) is 5.91 Å². The second-order valence-corrected chi connectivity index (χ2v) is 5.78. The highest BCUT2D eigenvalue weighted by Crippen LogP contribution is 2.07. The predicted molar refractivity (Wildman–Crippen MR) is 97.1 cm³/mol. The van der Waals surface area contributed by atoms with Crippen molar-refractivity contribution in [2.24, 2.45) is 4.99 Å². The molecule has 5 heteroatoms. The van der Waals surface area contributed by atoms with Crippen LogP contribution in [0, 0.1) is 0 Å². The topological polar surface area (TPSA) is 56.7 Å². The smallest absolute Gasteiger partial charge is 0.253 e. The maximum atomic E-state index is 12.0. The molecule has 0 radical (unpaired) electrons. The summed E-state index contributed by atoms with van der Waals surface area (Å²) in [6, 6.07) is 7.80. The zero-order valence-electron chi connectivity index (χ0n) is 14.9. The number of aliphatic imine (C=N–C) groups is 1. The van der Waals surface area contributed by atoms with Gasteiger partial charge < -0.3 is 15.5 Å². The minimum absolute atomic E-state index is 0.0354. The molecule has 1 aromatic carbocycles. The minimum atomic E-state index is 0.0354. The van der Waals surface area contributed by atoms with E-state index in [1.54, 1.807) is 26.0 Å². The summed E-state index contributed by atoms with van der Waals surface area (Å²) in [5, 5.41) is 6.62.